The van der Waals surface area contributed by atoms with Gasteiger partial charge in [0.2, 0.25) is 5.91 Å². The molecule has 1 aromatic rings. The third-order valence-electron chi connectivity index (χ3n) is 4.98. The van der Waals surface area contributed by atoms with Gasteiger partial charge in [0.15, 0.2) is 0 Å². The summed E-state index contributed by atoms with van der Waals surface area (Å²) < 4.78 is 0. The number of hydrogen-bond acceptors (Lipinski definition) is 3. The molecule has 21 heavy (non-hydrogen) atoms. The van der Waals surface area contributed by atoms with E-state index in [-0.39, 0.29) is 12.2 Å². The van der Waals surface area contributed by atoms with Gasteiger partial charge in [0.1, 0.15) is 6.17 Å². The fourth-order valence-electron chi connectivity index (χ4n) is 3.79. The molecule has 0 spiro atoms. The van der Waals surface area contributed by atoms with Crippen LogP contribution in [0, 0.1) is 17.8 Å². The monoisotopic (exact) mass is 306 g/mol. The van der Waals surface area contributed by atoms with Crippen molar-refractivity contribution < 1.29 is 4.79 Å². The highest BCUT2D eigenvalue weighted by atomic mass is 32.1. The number of nitrogens with one attached hydrogen (secondary N) is 1. The second-order valence-corrected chi connectivity index (χ2v) is 7.90. The molecule has 1 aromatic heterocycles. The highest BCUT2D eigenvalue weighted by molar-refractivity contribution is 7.07. The minimum atomic E-state index is -0.0336. The largest absolute Gasteiger partial charge is 0.321 e. The minimum absolute atomic E-state index is 0.0336. The molecular weight excluding hydrogens is 280 g/mol. The van der Waals surface area contributed by atoms with Crippen LogP contribution in [0.1, 0.15) is 51.8 Å². The van der Waals surface area contributed by atoms with Crippen molar-refractivity contribution in [2.45, 2.75) is 52.2 Å². The minimum Gasteiger partial charge on any atom is -0.321 e. The van der Waals surface area contributed by atoms with Gasteiger partial charge < -0.3 is 4.90 Å². The Morgan fingerprint density at radius 3 is 2.81 bits per heavy atom. The molecule has 116 valence electrons. The maximum atomic E-state index is 12.8. The lowest BCUT2D eigenvalue weighted by molar-refractivity contribution is -0.131. The van der Waals surface area contributed by atoms with Crippen LogP contribution in [0.3, 0.4) is 0 Å². The maximum absolute atomic E-state index is 12.8. The van der Waals surface area contributed by atoms with E-state index < -0.39 is 0 Å². The Bertz CT molecular complexity index is 485. The Balaban J connectivity index is 1.78. The fraction of sp³-hybridized carbons (Fsp3) is 0.706. The number of thiophene rings is 1. The number of carbonyl (C=O) groups excluding carboxylic acids is 1. The predicted molar refractivity (Wildman–Crippen MR) is 87.0 cm³/mol. The predicted octanol–water partition coefficient (Wildman–Crippen LogP) is 3.64. The molecule has 0 bridgehead atoms. The first kappa shape index (κ1) is 15.0. The first-order valence-corrected chi connectivity index (χ1v) is 9.09. The summed E-state index contributed by atoms with van der Waals surface area (Å²) in [6.45, 7) is 7.50. The number of carbonyl (C=O) groups is 1. The summed E-state index contributed by atoms with van der Waals surface area (Å²) in [6, 6.07) is 2.11. The fourth-order valence-corrected chi connectivity index (χ4v) is 4.46. The number of rotatable bonds is 4. The van der Waals surface area contributed by atoms with E-state index in [1.807, 2.05) is 0 Å². The van der Waals surface area contributed by atoms with E-state index in [4.69, 9.17) is 0 Å². The van der Waals surface area contributed by atoms with Gasteiger partial charge in [0, 0.05) is 6.54 Å². The molecule has 2 fully saturated rings. The van der Waals surface area contributed by atoms with Gasteiger partial charge >= 0.3 is 0 Å². The Kier molecular flexibility index (Phi) is 4.36. The summed E-state index contributed by atoms with van der Waals surface area (Å²) in [5.41, 5.74) is 1.24. The van der Waals surface area contributed by atoms with Crippen LogP contribution >= 0.6 is 11.3 Å². The molecule has 3 rings (SSSR count). The number of hydrogen-bond donors (Lipinski definition) is 1. The van der Waals surface area contributed by atoms with Crippen molar-refractivity contribution >= 4 is 17.2 Å². The summed E-state index contributed by atoms with van der Waals surface area (Å²) in [5, 5.41) is 7.82. The smallest absolute Gasteiger partial charge is 0.241 e. The molecule has 1 amide bonds. The first-order valence-electron chi connectivity index (χ1n) is 8.15. The third kappa shape index (κ3) is 3.02. The van der Waals surface area contributed by atoms with E-state index in [1.165, 1.54) is 24.8 Å². The second kappa shape index (κ2) is 6.09. The molecule has 1 aliphatic heterocycles. The molecule has 1 saturated carbocycles. The topological polar surface area (TPSA) is 32.3 Å². The Morgan fingerprint density at radius 2 is 2.24 bits per heavy atom. The van der Waals surface area contributed by atoms with Crippen LogP contribution in [0.15, 0.2) is 16.8 Å². The molecule has 0 radical (unpaired) electrons. The summed E-state index contributed by atoms with van der Waals surface area (Å²) in [6.07, 6.45) is 3.93. The SMILES string of the molecule is CC1CCC(CN2C(=O)C(C(C)C)NC2c2ccsc2)C1. The quantitative estimate of drug-likeness (QED) is 0.921. The summed E-state index contributed by atoms with van der Waals surface area (Å²) in [4.78, 5) is 14.9. The van der Waals surface area contributed by atoms with Gasteiger partial charge in [-0.15, -0.1) is 0 Å². The highest BCUT2D eigenvalue weighted by Crippen LogP contribution is 2.35. The van der Waals surface area contributed by atoms with E-state index in [9.17, 15) is 4.79 Å². The van der Waals surface area contributed by atoms with Crippen LogP contribution in [0.25, 0.3) is 0 Å². The van der Waals surface area contributed by atoms with Crippen molar-refractivity contribution in [3.8, 4) is 0 Å². The van der Waals surface area contributed by atoms with Gasteiger partial charge in [-0.3, -0.25) is 10.1 Å². The lowest BCUT2D eigenvalue weighted by Gasteiger charge is -2.26. The molecule has 1 saturated heterocycles. The zero-order chi connectivity index (χ0) is 15.0. The van der Waals surface area contributed by atoms with Gasteiger partial charge in [-0.25, -0.2) is 0 Å². The van der Waals surface area contributed by atoms with Crippen LogP contribution in [0.2, 0.25) is 0 Å². The molecule has 4 heteroatoms. The van der Waals surface area contributed by atoms with Crippen LogP contribution in [-0.2, 0) is 4.79 Å². The van der Waals surface area contributed by atoms with Gasteiger partial charge in [-0.1, -0.05) is 27.2 Å². The standard InChI is InChI=1S/C17H26N2OS/c1-11(2)15-17(20)19(9-13-5-4-12(3)8-13)16(18-15)14-6-7-21-10-14/h6-7,10-13,15-16,18H,4-5,8-9H2,1-3H3. The number of nitrogens with zero attached hydrogens (tertiary/aromatic N) is 1. The average Bonchev–Trinajstić information content (AvgIpc) is 3.13. The molecule has 0 aromatic carbocycles. The highest BCUT2D eigenvalue weighted by Gasteiger charge is 2.42. The maximum Gasteiger partial charge on any atom is 0.241 e. The molecular formula is C17H26N2OS. The third-order valence-corrected chi connectivity index (χ3v) is 5.68. The Hall–Kier alpha value is -0.870. The lowest BCUT2D eigenvalue weighted by Crippen LogP contribution is -2.36. The van der Waals surface area contributed by atoms with E-state index in [1.54, 1.807) is 11.3 Å². The number of amides is 1. The van der Waals surface area contributed by atoms with Gasteiger partial charge in [-0.2, -0.15) is 11.3 Å². The molecule has 4 atom stereocenters. The van der Waals surface area contributed by atoms with E-state index in [0.29, 0.717) is 17.7 Å². The average molecular weight is 306 g/mol. The lowest BCUT2D eigenvalue weighted by atomic mass is 10.0. The van der Waals surface area contributed by atoms with Gasteiger partial charge in [-0.05, 0) is 53.0 Å². The van der Waals surface area contributed by atoms with Crippen molar-refractivity contribution in [2.75, 3.05) is 6.54 Å². The van der Waals surface area contributed by atoms with Crippen molar-refractivity contribution in [1.29, 1.82) is 0 Å². The molecule has 3 nitrogen and oxygen atoms in total. The van der Waals surface area contributed by atoms with Crippen LogP contribution in [-0.4, -0.2) is 23.4 Å². The molecule has 4 unspecified atom stereocenters. The summed E-state index contributed by atoms with van der Waals surface area (Å²) in [5.74, 6) is 2.13. The van der Waals surface area contributed by atoms with E-state index in [0.717, 1.165) is 12.5 Å². The second-order valence-electron chi connectivity index (χ2n) is 7.12. The summed E-state index contributed by atoms with van der Waals surface area (Å²) >= 11 is 1.70. The molecule has 1 aliphatic carbocycles. The summed E-state index contributed by atoms with van der Waals surface area (Å²) in [7, 11) is 0. The van der Waals surface area contributed by atoms with Gasteiger partial charge in [0.25, 0.3) is 0 Å². The van der Waals surface area contributed by atoms with Gasteiger partial charge in [0.05, 0.1) is 6.04 Å². The zero-order valence-corrected chi connectivity index (χ0v) is 14.0. The van der Waals surface area contributed by atoms with Crippen LogP contribution in [0.4, 0.5) is 0 Å². The van der Waals surface area contributed by atoms with E-state index in [2.05, 4.69) is 47.8 Å². The Labute approximate surface area is 131 Å². The Morgan fingerprint density at radius 1 is 1.43 bits per heavy atom. The van der Waals surface area contributed by atoms with Crippen molar-refractivity contribution in [2.24, 2.45) is 17.8 Å². The normalized spacial score (nSPS) is 33.3. The molecule has 1 N–H and O–H groups in total. The zero-order valence-electron chi connectivity index (χ0n) is 13.2. The molecule has 2 heterocycles. The van der Waals surface area contributed by atoms with Crippen molar-refractivity contribution in [3.05, 3.63) is 22.4 Å². The molecule has 2 aliphatic rings. The van der Waals surface area contributed by atoms with Crippen LogP contribution < -0.4 is 5.32 Å². The van der Waals surface area contributed by atoms with E-state index >= 15 is 0 Å². The van der Waals surface area contributed by atoms with Crippen molar-refractivity contribution in [1.82, 2.24) is 10.2 Å². The van der Waals surface area contributed by atoms with Crippen LogP contribution in [0.5, 0.6) is 0 Å². The van der Waals surface area contributed by atoms with Crippen molar-refractivity contribution in [3.63, 3.8) is 0 Å². The first-order chi connectivity index (χ1) is 10.1.